The summed E-state index contributed by atoms with van der Waals surface area (Å²) in [5, 5.41) is 0. The first-order valence-electron chi connectivity index (χ1n) is 22.7. The van der Waals surface area contributed by atoms with Crippen LogP contribution in [0.4, 0.5) is 0 Å². The van der Waals surface area contributed by atoms with Gasteiger partial charge in [0.15, 0.2) is 6.10 Å². The summed E-state index contributed by atoms with van der Waals surface area (Å²) in [5.41, 5.74) is 0. The number of rotatable bonds is 41. The van der Waals surface area contributed by atoms with Gasteiger partial charge in [-0.25, -0.2) is 4.57 Å². The number of unbranched alkanes of at least 4 members (excludes halogenated alkanes) is 21. The third-order valence-electron chi connectivity index (χ3n) is 9.67. The second kappa shape index (κ2) is 38.7. The second-order valence-electron chi connectivity index (χ2n) is 16.4. The number of hydrogen-bond donors (Lipinski definition) is 1. The van der Waals surface area contributed by atoms with Gasteiger partial charge in [-0.3, -0.25) is 18.6 Å². The van der Waals surface area contributed by atoms with Crippen LogP contribution >= 0.6 is 7.82 Å². The van der Waals surface area contributed by atoms with E-state index in [0.717, 1.165) is 70.6 Å². The van der Waals surface area contributed by atoms with Gasteiger partial charge in [-0.15, -0.1) is 0 Å². The van der Waals surface area contributed by atoms with E-state index in [1.54, 1.807) is 0 Å². The molecule has 2 unspecified atom stereocenters. The smallest absolute Gasteiger partial charge is 0.462 e. The van der Waals surface area contributed by atoms with Gasteiger partial charge >= 0.3 is 19.8 Å². The van der Waals surface area contributed by atoms with E-state index in [4.69, 9.17) is 18.5 Å². The molecule has 0 bridgehead atoms. The van der Waals surface area contributed by atoms with E-state index in [2.05, 4.69) is 50.3 Å². The van der Waals surface area contributed by atoms with Crippen molar-refractivity contribution in [3.8, 4) is 0 Å². The fraction of sp³-hybridized carbons (Fsp3) is 0.826. The number of allylic oxidation sites excluding steroid dienone is 6. The van der Waals surface area contributed by atoms with Gasteiger partial charge in [-0.05, 0) is 51.4 Å². The number of hydrogen-bond acceptors (Lipinski definition) is 7. The van der Waals surface area contributed by atoms with Crippen LogP contribution in [0.1, 0.15) is 194 Å². The maximum absolute atomic E-state index is 12.7. The zero-order chi connectivity index (χ0) is 41.4. The third-order valence-corrected chi connectivity index (χ3v) is 10.7. The average Bonchev–Trinajstić information content (AvgIpc) is 3.15. The van der Waals surface area contributed by atoms with Crippen LogP contribution in [0.3, 0.4) is 0 Å². The lowest BCUT2D eigenvalue weighted by Gasteiger charge is -2.24. The Bertz CT molecular complexity index is 1050. The highest BCUT2D eigenvalue weighted by atomic mass is 31.2. The Balaban J connectivity index is 4.33. The lowest BCUT2D eigenvalue weighted by molar-refractivity contribution is -0.870. The molecule has 0 radical (unpaired) electrons. The second-order valence-corrected chi connectivity index (χ2v) is 17.9. The van der Waals surface area contributed by atoms with Crippen molar-refractivity contribution in [1.29, 1.82) is 0 Å². The van der Waals surface area contributed by atoms with Gasteiger partial charge in [0.2, 0.25) is 0 Å². The zero-order valence-electron chi connectivity index (χ0n) is 36.9. The summed E-state index contributed by atoms with van der Waals surface area (Å²) in [5.74, 6) is -0.811. The van der Waals surface area contributed by atoms with Crippen molar-refractivity contribution in [2.75, 3.05) is 47.5 Å². The number of phosphoric acid groups is 1. The molecule has 1 N–H and O–H groups in total. The Kier molecular flexibility index (Phi) is 37.5. The SMILES string of the molecule is CCCCCCC/C=C\C/C=C\C/C=C\CCCCCCCCC(=O)OC(COC(=O)CCCCCCCCCCCCC)COP(=O)(O)OCC[N+](C)(C)C. The number of quaternary nitrogens is 1. The molecule has 0 heterocycles. The minimum atomic E-state index is -4.37. The van der Waals surface area contributed by atoms with Crippen LogP contribution < -0.4 is 0 Å². The predicted octanol–water partition coefficient (Wildman–Crippen LogP) is 12.9. The zero-order valence-corrected chi connectivity index (χ0v) is 37.8. The molecule has 0 aromatic carbocycles. The molecule has 0 aromatic heterocycles. The van der Waals surface area contributed by atoms with E-state index in [-0.39, 0.29) is 32.0 Å². The molecule has 0 spiro atoms. The standard InChI is InChI=1S/C46H86NO8P/c1-6-8-10-12-14-16-18-19-20-21-22-23-24-25-26-27-29-31-33-35-37-39-46(49)55-44(43-54-56(50,51)53-41-40-47(3,4)5)42-52-45(48)38-36-34-32-30-28-17-15-13-11-9-7-2/h18-19,21-22,24-25,44H,6-17,20,23,26-43H2,1-5H3/p+1/b19-18-,22-21-,25-24-. The minimum Gasteiger partial charge on any atom is -0.462 e. The Hall–Kier alpha value is -1.77. The molecule has 2 atom stereocenters. The Morgan fingerprint density at radius 2 is 0.964 bits per heavy atom. The van der Waals surface area contributed by atoms with Gasteiger partial charge in [-0.1, -0.05) is 166 Å². The molecule has 0 aliphatic carbocycles. The number of nitrogens with zero attached hydrogens (tertiary/aromatic N) is 1. The maximum Gasteiger partial charge on any atom is 0.472 e. The molecule has 0 aliphatic heterocycles. The summed E-state index contributed by atoms with van der Waals surface area (Å²) >= 11 is 0. The van der Waals surface area contributed by atoms with Gasteiger partial charge in [0, 0.05) is 12.8 Å². The molecule has 56 heavy (non-hydrogen) atoms. The minimum absolute atomic E-state index is 0.0294. The molecule has 0 rings (SSSR count). The summed E-state index contributed by atoms with van der Waals surface area (Å²) in [6.07, 6.45) is 43.3. The van der Waals surface area contributed by atoms with Crippen LogP contribution in [-0.4, -0.2) is 74.9 Å². The van der Waals surface area contributed by atoms with Crippen molar-refractivity contribution in [3.63, 3.8) is 0 Å². The fourth-order valence-electron chi connectivity index (χ4n) is 6.08. The van der Waals surface area contributed by atoms with Crippen LogP contribution in [0, 0.1) is 0 Å². The topological polar surface area (TPSA) is 108 Å². The summed E-state index contributed by atoms with van der Waals surface area (Å²) in [6.45, 7) is 4.39. The molecule has 0 fully saturated rings. The van der Waals surface area contributed by atoms with Crippen molar-refractivity contribution in [3.05, 3.63) is 36.5 Å². The monoisotopic (exact) mass is 813 g/mol. The number of ether oxygens (including phenoxy) is 2. The van der Waals surface area contributed by atoms with Gasteiger partial charge in [0.25, 0.3) is 0 Å². The summed E-state index contributed by atoms with van der Waals surface area (Å²) < 4.78 is 34.3. The highest BCUT2D eigenvalue weighted by Crippen LogP contribution is 2.43. The van der Waals surface area contributed by atoms with E-state index in [1.807, 2.05) is 21.1 Å². The van der Waals surface area contributed by atoms with Gasteiger partial charge in [-0.2, -0.15) is 0 Å². The largest absolute Gasteiger partial charge is 0.472 e. The highest BCUT2D eigenvalue weighted by molar-refractivity contribution is 7.47. The lowest BCUT2D eigenvalue weighted by Crippen LogP contribution is -2.37. The molecule has 10 heteroatoms. The van der Waals surface area contributed by atoms with Crippen molar-refractivity contribution >= 4 is 19.8 Å². The number of phosphoric ester groups is 1. The lowest BCUT2D eigenvalue weighted by atomic mass is 10.1. The first-order chi connectivity index (χ1) is 27.0. The molecular formula is C46H87NO8P+. The van der Waals surface area contributed by atoms with Crippen LogP contribution in [0.5, 0.6) is 0 Å². The summed E-state index contributed by atoms with van der Waals surface area (Å²) in [6, 6.07) is 0. The normalized spacial score (nSPS) is 13.9. The van der Waals surface area contributed by atoms with Gasteiger partial charge in [0.05, 0.1) is 27.7 Å². The molecule has 9 nitrogen and oxygen atoms in total. The number of carbonyl (C=O) groups is 2. The molecule has 328 valence electrons. The van der Waals surface area contributed by atoms with Crippen molar-refractivity contribution < 1.29 is 42.1 Å². The van der Waals surface area contributed by atoms with E-state index in [0.29, 0.717) is 17.4 Å². The molecule has 0 saturated heterocycles. The number of carbonyl (C=O) groups excluding carboxylic acids is 2. The maximum atomic E-state index is 12.7. The van der Waals surface area contributed by atoms with Crippen molar-refractivity contribution in [2.45, 2.75) is 200 Å². The molecule has 0 aromatic rings. The van der Waals surface area contributed by atoms with E-state index in [1.165, 1.54) is 89.9 Å². The predicted molar refractivity (Wildman–Crippen MR) is 234 cm³/mol. The van der Waals surface area contributed by atoms with Crippen molar-refractivity contribution in [2.24, 2.45) is 0 Å². The summed E-state index contributed by atoms with van der Waals surface area (Å²) in [7, 11) is 1.47. The van der Waals surface area contributed by atoms with Crippen molar-refractivity contribution in [1.82, 2.24) is 0 Å². The van der Waals surface area contributed by atoms with E-state index < -0.39 is 26.5 Å². The Morgan fingerprint density at radius 3 is 1.43 bits per heavy atom. The third kappa shape index (κ3) is 41.9. The van der Waals surface area contributed by atoms with Gasteiger partial charge in [0.1, 0.15) is 19.8 Å². The average molecular weight is 813 g/mol. The van der Waals surface area contributed by atoms with Crippen LogP contribution in [-0.2, 0) is 32.7 Å². The molecule has 0 aliphatic rings. The fourth-order valence-corrected chi connectivity index (χ4v) is 6.82. The van der Waals surface area contributed by atoms with Crippen LogP contribution in [0.25, 0.3) is 0 Å². The number of esters is 2. The summed E-state index contributed by atoms with van der Waals surface area (Å²) in [4.78, 5) is 35.3. The van der Waals surface area contributed by atoms with Gasteiger partial charge < -0.3 is 18.9 Å². The Labute approximate surface area is 344 Å². The molecule has 0 amide bonds. The highest BCUT2D eigenvalue weighted by Gasteiger charge is 2.27. The quantitative estimate of drug-likeness (QED) is 0.0214. The first-order valence-corrected chi connectivity index (χ1v) is 24.2. The van der Waals surface area contributed by atoms with E-state index in [9.17, 15) is 19.0 Å². The Morgan fingerprint density at radius 1 is 0.554 bits per heavy atom. The molecule has 0 saturated carbocycles. The van der Waals surface area contributed by atoms with Crippen LogP contribution in [0.2, 0.25) is 0 Å². The van der Waals surface area contributed by atoms with Crippen LogP contribution in [0.15, 0.2) is 36.5 Å². The first kappa shape index (κ1) is 54.2. The van der Waals surface area contributed by atoms with E-state index >= 15 is 0 Å². The number of likely N-dealkylation sites (N-methyl/N-ethyl adjacent to an activating group) is 1. The molecular weight excluding hydrogens is 725 g/mol.